The van der Waals surface area contributed by atoms with Crippen LogP contribution in [0.4, 0.5) is 4.39 Å². The van der Waals surface area contributed by atoms with Gasteiger partial charge in [-0.25, -0.2) is 4.39 Å². The summed E-state index contributed by atoms with van der Waals surface area (Å²) in [5.41, 5.74) is 1.45. The van der Waals surface area contributed by atoms with E-state index in [0.717, 1.165) is 38.0 Å². The predicted octanol–water partition coefficient (Wildman–Crippen LogP) is 4.04. The lowest BCUT2D eigenvalue weighted by Crippen LogP contribution is -2.40. The molecule has 0 atom stereocenters. The highest BCUT2D eigenvalue weighted by Crippen LogP contribution is 2.18. The summed E-state index contributed by atoms with van der Waals surface area (Å²) in [6.07, 6.45) is 7.03. The molecule has 1 aliphatic heterocycles. The molecule has 1 amide bonds. The third-order valence-electron chi connectivity index (χ3n) is 4.99. The highest BCUT2D eigenvalue weighted by Gasteiger charge is 2.24. The Morgan fingerprint density at radius 2 is 2.00 bits per heavy atom. The van der Waals surface area contributed by atoms with E-state index < -0.39 is 0 Å². The van der Waals surface area contributed by atoms with Crippen LogP contribution in [-0.4, -0.2) is 30.4 Å². The molecule has 1 heterocycles. The van der Waals surface area contributed by atoms with Gasteiger partial charge in [0.1, 0.15) is 5.82 Å². The maximum atomic E-state index is 13.5. The minimum Gasteiger partial charge on any atom is -0.352 e. The fourth-order valence-corrected chi connectivity index (χ4v) is 3.26. The molecule has 0 saturated carbocycles. The smallest absolute Gasteiger partial charge is 0.223 e. The largest absolute Gasteiger partial charge is 0.352 e. The molecule has 1 aromatic rings. The number of aryl methyl sites for hydroxylation is 1. The Morgan fingerprint density at radius 1 is 1.25 bits per heavy atom. The van der Waals surface area contributed by atoms with E-state index in [1.807, 2.05) is 6.07 Å². The molecule has 0 aromatic heterocycles. The Balaban J connectivity index is 1.68. The van der Waals surface area contributed by atoms with Gasteiger partial charge >= 0.3 is 0 Å². The van der Waals surface area contributed by atoms with Gasteiger partial charge in [-0.05, 0) is 63.0 Å². The van der Waals surface area contributed by atoms with Gasteiger partial charge in [0.25, 0.3) is 0 Å². The van der Waals surface area contributed by atoms with Crippen LogP contribution in [-0.2, 0) is 11.3 Å². The molecule has 1 N–H and O–H groups in total. The lowest BCUT2D eigenvalue weighted by Gasteiger charge is -2.31. The van der Waals surface area contributed by atoms with E-state index in [2.05, 4.69) is 17.1 Å². The van der Waals surface area contributed by atoms with Crippen molar-refractivity contribution >= 4 is 5.91 Å². The van der Waals surface area contributed by atoms with Gasteiger partial charge in [-0.3, -0.25) is 4.79 Å². The number of hydrogen-bond acceptors (Lipinski definition) is 2. The fourth-order valence-electron chi connectivity index (χ4n) is 3.26. The molecule has 134 valence electrons. The molecule has 0 bridgehead atoms. The SMILES string of the molecule is CCCCCCN1CCC(C(=O)NCc2ccc(C)c(F)c2)CC1. The van der Waals surface area contributed by atoms with E-state index in [1.165, 1.54) is 31.7 Å². The zero-order valence-corrected chi connectivity index (χ0v) is 15.1. The number of carbonyl (C=O) groups is 1. The van der Waals surface area contributed by atoms with E-state index in [4.69, 9.17) is 0 Å². The molecular formula is C20H31FN2O. The summed E-state index contributed by atoms with van der Waals surface area (Å²) in [7, 11) is 0. The molecule has 4 heteroatoms. The van der Waals surface area contributed by atoms with Crippen molar-refractivity contribution in [3.63, 3.8) is 0 Å². The van der Waals surface area contributed by atoms with Crippen LogP contribution >= 0.6 is 0 Å². The number of nitrogens with one attached hydrogen (secondary N) is 1. The molecule has 0 aliphatic carbocycles. The summed E-state index contributed by atoms with van der Waals surface area (Å²) in [4.78, 5) is 14.8. The van der Waals surface area contributed by atoms with Crippen LogP contribution in [0.2, 0.25) is 0 Å². The quantitative estimate of drug-likeness (QED) is 0.728. The summed E-state index contributed by atoms with van der Waals surface area (Å²) in [6.45, 7) is 7.58. The number of unbranched alkanes of at least 4 members (excludes halogenated alkanes) is 3. The number of nitrogens with zero attached hydrogens (tertiary/aromatic N) is 1. The molecule has 3 nitrogen and oxygen atoms in total. The zero-order valence-electron chi connectivity index (χ0n) is 15.1. The van der Waals surface area contributed by atoms with Gasteiger partial charge in [-0.15, -0.1) is 0 Å². The maximum Gasteiger partial charge on any atom is 0.223 e. The van der Waals surface area contributed by atoms with E-state index in [-0.39, 0.29) is 17.6 Å². The van der Waals surface area contributed by atoms with Crippen LogP contribution in [0, 0.1) is 18.7 Å². The molecule has 0 spiro atoms. The van der Waals surface area contributed by atoms with Crippen molar-refractivity contribution in [2.75, 3.05) is 19.6 Å². The molecule has 0 unspecified atom stereocenters. The number of halogens is 1. The zero-order chi connectivity index (χ0) is 17.4. The van der Waals surface area contributed by atoms with Crippen molar-refractivity contribution in [2.45, 2.75) is 58.9 Å². The molecule has 1 saturated heterocycles. The second-order valence-corrected chi connectivity index (χ2v) is 6.98. The number of piperidine rings is 1. The Morgan fingerprint density at radius 3 is 2.67 bits per heavy atom. The minimum atomic E-state index is -0.210. The normalized spacial score (nSPS) is 16.3. The number of hydrogen-bond donors (Lipinski definition) is 1. The molecule has 1 aromatic carbocycles. The Kier molecular flexibility index (Phi) is 7.70. The van der Waals surface area contributed by atoms with Crippen molar-refractivity contribution in [3.8, 4) is 0 Å². The maximum absolute atomic E-state index is 13.5. The summed E-state index contributed by atoms with van der Waals surface area (Å²) < 4.78 is 13.5. The van der Waals surface area contributed by atoms with E-state index in [9.17, 15) is 9.18 Å². The standard InChI is InChI=1S/C20H31FN2O/c1-3-4-5-6-11-23-12-9-18(10-13-23)20(24)22-15-17-8-7-16(2)19(21)14-17/h7-8,14,18H,3-6,9-13,15H2,1-2H3,(H,22,24). The molecule has 0 radical (unpaired) electrons. The molecular weight excluding hydrogens is 303 g/mol. The van der Waals surface area contributed by atoms with Gasteiger partial charge in [-0.2, -0.15) is 0 Å². The highest BCUT2D eigenvalue weighted by atomic mass is 19.1. The summed E-state index contributed by atoms with van der Waals surface area (Å²) in [5, 5.41) is 2.97. The molecule has 1 aliphatic rings. The van der Waals surface area contributed by atoms with Crippen molar-refractivity contribution in [2.24, 2.45) is 5.92 Å². The molecule has 2 rings (SSSR count). The first-order valence-corrected chi connectivity index (χ1v) is 9.35. The lowest BCUT2D eigenvalue weighted by atomic mass is 9.95. The van der Waals surface area contributed by atoms with Crippen LogP contribution < -0.4 is 5.32 Å². The third kappa shape index (κ3) is 5.90. The lowest BCUT2D eigenvalue weighted by molar-refractivity contribution is -0.126. The number of amides is 1. The molecule has 1 fully saturated rings. The topological polar surface area (TPSA) is 32.3 Å². The first kappa shape index (κ1) is 18.9. The second kappa shape index (κ2) is 9.77. The van der Waals surface area contributed by atoms with Crippen LogP contribution in [0.3, 0.4) is 0 Å². The molecule has 24 heavy (non-hydrogen) atoms. The van der Waals surface area contributed by atoms with Crippen molar-refractivity contribution in [1.29, 1.82) is 0 Å². The van der Waals surface area contributed by atoms with E-state index in [0.29, 0.717) is 12.1 Å². The van der Waals surface area contributed by atoms with Crippen molar-refractivity contribution < 1.29 is 9.18 Å². The van der Waals surface area contributed by atoms with Gasteiger partial charge in [0.15, 0.2) is 0 Å². The number of rotatable bonds is 8. The predicted molar refractivity (Wildman–Crippen MR) is 96.3 cm³/mol. The Bertz CT molecular complexity index is 524. The first-order valence-electron chi connectivity index (χ1n) is 9.35. The summed E-state index contributed by atoms with van der Waals surface area (Å²) in [5.74, 6) is 0.00642. The van der Waals surface area contributed by atoms with Crippen LogP contribution in [0.15, 0.2) is 18.2 Å². The third-order valence-corrected chi connectivity index (χ3v) is 4.99. The average molecular weight is 334 g/mol. The van der Waals surface area contributed by atoms with Crippen LogP contribution in [0.25, 0.3) is 0 Å². The monoisotopic (exact) mass is 334 g/mol. The van der Waals surface area contributed by atoms with Gasteiger partial charge in [0.2, 0.25) is 5.91 Å². The first-order chi connectivity index (χ1) is 11.6. The second-order valence-electron chi connectivity index (χ2n) is 6.98. The fraction of sp³-hybridized carbons (Fsp3) is 0.650. The number of carbonyl (C=O) groups excluding carboxylic acids is 1. The van der Waals surface area contributed by atoms with E-state index in [1.54, 1.807) is 13.0 Å². The number of likely N-dealkylation sites (tertiary alicyclic amines) is 1. The Hall–Kier alpha value is -1.42. The van der Waals surface area contributed by atoms with Crippen molar-refractivity contribution in [1.82, 2.24) is 10.2 Å². The minimum absolute atomic E-state index is 0.104. The highest BCUT2D eigenvalue weighted by molar-refractivity contribution is 5.78. The van der Waals surface area contributed by atoms with Crippen LogP contribution in [0.1, 0.15) is 56.6 Å². The van der Waals surface area contributed by atoms with Gasteiger partial charge in [0.05, 0.1) is 0 Å². The Labute approximate surface area is 145 Å². The average Bonchev–Trinajstić information content (AvgIpc) is 2.60. The van der Waals surface area contributed by atoms with Gasteiger partial charge in [-0.1, -0.05) is 38.3 Å². The summed E-state index contributed by atoms with van der Waals surface area (Å²) >= 11 is 0. The summed E-state index contributed by atoms with van der Waals surface area (Å²) in [6, 6.07) is 5.14. The van der Waals surface area contributed by atoms with Gasteiger partial charge < -0.3 is 10.2 Å². The van der Waals surface area contributed by atoms with E-state index >= 15 is 0 Å². The van der Waals surface area contributed by atoms with Gasteiger partial charge in [0, 0.05) is 12.5 Å². The number of benzene rings is 1. The van der Waals surface area contributed by atoms with Crippen molar-refractivity contribution in [3.05, 3.63) is 35.1 Å². The van der Waals surface area contributed by atoms with Crippen LogP contribution in [0.5, 0.6) is 0 Å².